The van der Waals surface area contributed by atoms with Gasteiger partial charge >= 0.3 is 59.1 Å². The van der Waals surface area contributed by atoms with E-state index in [4.69, 9.17) is 4.52 Å². The molecule has 132 valence electrons. The van der Waals surface area contributed by atoms with Crippen LogP contribution in [0.3, 0.4) is 0 Å². The molecule has 4 aromatic rings. The summed E-state index contributed by atoms with van der Waals surface area (Å²) in [5.41, 5.74) is 0.602. The fraction of sp³-hybridized carbons (Fsp3) is 0.0667. The molecule has 0 fully saturated rings. The van der Waals surface area contributed by atoms with Crippen LogP contribution in [0.15, 0.2) is 40.4 Å². The van der Waals surface area contributed by atoms with Crippen molar-refractivity contribution in [2.24, 2.45) is 0 Å². The van der Waals surface area contributed by atoms with Gasteiger partial charge in [0.25, 0.3) is 0 Å². The topological polar surface area (TPSA) is 137 Å². The van der Waals surface area contributed by atoms with Crippen LogP contribution in [0.4, 0.5) is 0 Å². The predicted molar refractivity (Wildman–Crippen MR) is 88.5 cm³/mol. The van der Waals surface area contributed by atoms with Gasteiger partial charge in [-0.3, -0.25) is 4.79 Å². The number of benzene rings is 1. The van der Waals surface area contributed by atoms with Crippen molar-refractivity contribution in [3.05, 3.63) is 52.3 Å². The molecule has 3 aromatic heterocycles. The van der Waals surface area contributed by atoms with Crippen molar-refractivity contribution >= 4 is 35.8 Å². The molecular formula is C15H9N4Na2O5PS. The molecule has 0 aliphatic rings. The first-order valence-electron chi connectivity index (χ1n) is 7.28. The molecule has 1 aromatic carbocycles. The summed E-state index contributed by atoms with van der Waals surface area (Å²) in [5, 5.41) is 5.82. The van der Waals surface area contributed by atoms with Crippen LogP contribution in [0.2, 0.25) is 0 Å². The smallest absolute Gasteiger partial charge is 0.795 e. The van der Waals surface area contributed by atoms with Crippen LogP contribution < -0.4 is 68.9 Å². The van der Waals surface area contributed by atoms with Crippen LogP contribution >= 0.6 is 19.1 Å². The molecule has 0 saturated heterocycles. The number of carbonyl (C=O) groups excluding carboxylic acids is 1. The van der Waals surface area contributed by atoms with Gasteiger partial charge in [-0.25, -0.2) is 4.98 Å². The molecule has 0 saturated carbocycles. The second-order valence-electron chi connectivity index (χ2n) is 5.38. The van der Waals surface area contributed by atoms with E-state index in [2.05, 4.69) is 15.1 Å². The van der Waals surface area contributed by atoms with E-state index in [0.717, 1.165) is 17.5 Å². The van der Waals surface area contributed by atoms with E-state index in [1.165, 1.54) is 6.07 Å². The summed E-state index contributed by atoms with van der Waals surface area (Å²) in [6.07, 6.45) is 1.04. The molecule has 4 rings (SSSR count). The first kappa shape index (κ1) is 23.6. The number of para-hydroxylation sites is 1. The van der Waals surface area contributed by atoms with Gasteiger partial charge in [-0.2, -0.15) is 4.98 Å². The van der Waals surface area contributed by atoms with Gasteiger partial charge in [-0.05, 0) is 6.07 Å². The number of nitrogens with zero attached hydrogens (tertiary/aromatic N) is 4. The number of aryl methyl sites for hydroxylation is 1. The van der Waals surface area contributed by atoms with Crippen LogP contribution in [-0.2, 0) is 4.57 Å². The van der Waals surface area contributed by atoms with E-state index >= 15 is 0 Å². The molecule has 13 heteroatoms. The van der Waals surface area contributed by atoms with E-state index in [1.807, 2.05) is 0 Å². The van der Waals surface area contributed by atoms with E-state index in [9.17, 15) is 19.1 Å². The van der Waals surface area contributed by atoms with Crippen molar-refractivity contribution in [3.63, 3.8) is 0 Å². The molecule has 0 unspecified atom stereocenters. The molecule has 0 radical (unpaired) electrons. The summed E-state index contributed by atoms with van der Waals surface area (Å²) in [6, 6.07) is 6.28. The Morgan fingerprint density at radius 2 is 1.93 bits per heavy atom. The number of hydrogen-bond acceptors (Lipinski definition) is 9. The Kier molecular flexibility index (Phi) is 7.60. The number of hydrogen-bond donors (Lipinski definition) is 0. The van der Waals surface area contributed by atoms with E-state index < -0.39 is 13.5 Å². The Bertz CT molecular complexity index is 1200. The largest absolute Gasteiger partial charge is 1.00 e. The summed E-state index contributed by atoms with van der Waals surface area (Å²) in [5.74, 6) is 0.124. The average Bonchev–Trinajstić information content (AvgIpc) is 3.31. The van der Waals surface area contributed by atoms with Crippen LogP contribution in [0.1, 0.15) is 21.3 Å². The van der Waals surface area contributed by atoms with Gasteiger partial charge in [-0.15, -0.1) is 11.3 Å². The summed E-state index contributed by atoms with van der Waals surface area (Å²) < 4.78 is 17.0. The maximum atomic E-state index is 12.8. The molecule has 28 heavy (non-hydrogen) atoms. The van der Waals surface area contributed by atoms with E-state index in [0.29, 0.717) is 21.3 Å². The molecule has 3 heterocycles. The van der Waals surface area contributed by atoms with Crippen LogP contribution in [0.5, 0.6) is 0 Å². The average molecular weight is 434 g/mol. The number of ketones is 1. The van der Waals surface area contributed by atoms with E-state index in [1.54, 1.807) is 30.5 Å². The van der Waals surface area contributed by atoms with Gasteiger partial charge in [0.1, 0.15) is 5.69 Å². The summed E-state index contributed by atoms with van der Waals surface area (Å²) in [6.45, 7) is 1.63. The Morgan fingerprint density at radius 1 is 1.21 bits per heavy atom. The van der Waals surface area contributed by atoms with Crippen molar-refractivity contribution in [2.75, 3.05) is 0 Å². The van der Waals surface area contributed by atoms with Gasteiger partial charge in [-0.1, -0.05) is 23.4 Å². The zero-order chi connectivity index (χ0) is 18.5. The SMILES string of the molecule is Cc1nc(-c2csc(C(=O)c3cn(P(=O)([O-])[O-])c4ccccc34)n2)no1.[Na+].[Na+]. The third kappa shape index (κ3) is 4.41. The fourth-order valence-corrected chi connectivity index (χ4v) is 3.99. The Hall–Kier alpha value is -0.650. The normalized spacial score (nSPS) is 11.1. The maximum absolute atomic E-state index is 12.8. The molecule has 0 amide bonds. The molecule has 0 N–H and O–H groups in total. The third-order valence-electron chi connectivity index (χ3n) is 3.66. The molecular weight excluding hydrogens is 425 g/mol. The molecule has 0 bridgehead atoms. The first-order chi connectivity index (χ1) is 12.3. The molecule has 0 atom stereocenters. The second kappa shape index (κ2) is 9.01. The minimum Gasteiger partial charge on any atom is -0.795 e. The van der Waals surface area contributed by atoms with Crippen LogP contribution in [0, 0.1) is 6.92 Å². The zero-order valence-corrected chi connectivity index (χ0v) is 20.9. The summed E-state index contributed by atoms with van der Waals surface area (Å²) >= 11 is 1.07. The van der Waals surface area contributed by atoms with Gasteiger partial charge in [0, 0.05) is 31.6 Å². The molecule has 0 aliphatic carbocycles. The maximum Gasteiger partial charge on any atom is 1.00 e. The standard InChI is InChI=1S/C15H11N4O5PS.2Na/c1-8-16-14(18-24-8)11-7-26-15(17-11)13(20)10-6-19(25(21,22)23)12-5-3-2-4-9(10)12;;/h2-7H,1H3,(H2,21,22,23);;/q;2*+1/p-2. The van der Waals surface area contributed by atoms with Gasteiger partial charge < -0.3 is 23.2 Å². The third-order valence-corrected chi connectivity index (χ3v) is 5.36. The Labute approximate surface area is 207 Å². The Morgan fingerprint density at radius 3 is 2.57 bits per heavy atom. The minimum absolute atomic E-state index is 0. The number of rotatable bonds is 4. The predicted octanol–water partition coefficient (Wildman–Crippen LogP) is -4.63. The van der Waals surface area contributed by atoms with Crippen molar-refractivity contribution in [3.8, 4) is 11.5 Å². The molecule has 0 spiro atoms. The quantitative estimate of drug-likeness (QED) is 0.178. The van der Waals surface area contributed by atoms with E-state index in [-0.39, 0.29) is 81.0 Å². The van der Waals surface area contributed by atoms with Crippen LogP contribution in [-0.4, -0.2) is 25.2 Å². The number of thiazole rings is 1. The summed E-state index contributed by atoms with van der Waals surface area (Å²) in [7, 11) is -5.10. The van der Waals surface area contributed by atoms with Crippen molar-refractivity contribution in [1.82, 2.24) is 19.5 Å². The van der Waals surface area contributed by atoms with Gasteiger partial charge in [0.2, 0.25) is 17.5 Å². The summed E-state index contributed by atoms with van der Waals surface area (Å²) in [4.78, 5) is 44.1. The van der Waals surface area contributed by atoms with Crippen molar-refractivity contribution in [2.45, 2.75) is 6.92 Å². The Balaban J connectivity index is 0.00000140. The fourth-order valence-electron chi connectivity index (χ4n) is 2.55. The first-order valence-corrected chi connectivity index (χ1v) is 9.66. The number of fused-ring (bicyclic) bond motifs is 1. The molecule has 0 aliphatic heterocycles. The van der Waals surface area contributed by atoms with Gasteiger partial charge in [0.15, 0.2) is 5.01 Å². The monoisotopic (exact) mass is 434 g/mol. The van der Waals surface area contributed by atoms with Crippen molar-refractivity contribution < 1.29 is 82.8 Å². The number of aromatic nitrogens is 4. The molecule has 9 nitrogen and oxygen atoms in total. The van der Waals surface area contributed by atoms with Gasteiger partial charge in [0.05, 0.1) is 11.1 Å². The minimum atomic E-state index is -5.10. The number of carbonyl (C=O) groups is 1. The van der Waals surface area contributed by atoms with Crippen LogP contribution in [0.25, 0.3) is 22.4 Å². The second-order valence-corrected chi connectivity index (χ2v) is 7.60. The van der Waals surface area contributed by atoms with Crippen molar-refractivity contribution in [1.29, 1.82) is 0 Å². The zero-order valence-electron chi connectivity index (χ0n) is 15.1.